The van der Waals surface area contributed by atoms with Crippen molar-refractivity contribution in [2.24, 2.45) is 29.6 Å². The van der Waals surface area contributed by atoms with E-state index in [9.17, 15) is 0 Å². The van der Waals surface area contributed by atoms with Crippen LogP contribution in [0, 0.1) is 29.6 Å². The molecule has 0 bridgehead atoms. The van der Waals surface area contributed by atoms with Gasteiger partial charge in [-0.05, 0) is 48.9 Å². The zero-order valence-corrected chi connectivity index (χ0v) is 7.42. The van der Waals surface area contributed by atoms with Crippen molar-refractivity contribution in [3.05, 3.63) is 0 Å². The van der Waals surface area contributed by atoms with Crippen molar-refractivity contribution >= 4 is 0 Å². The first-order valence-corrected chi connectivity index (χ1v) is 5.42. The minimum Gasteiger partial charge on any atom is -0.0654 e. The summed E-state index contributed by atoms with van der Waals surface area (Å²) < 4.78 is 0. The van der Waals surface area contributed by atoms with Crippen LogP contribution in [0.5, 0.6) is 0 Å². The lowest BCUT2D eigenvalue weighted by Crippen LogP contribution is -1.89. The zero-order valence-electron chi connectivity index (χ0n) is 7.42. The quantitative estimate of drug-likeness (QED) is 0.580. The lowest BCUT2D eigenvalue weighted by Gasteiger charge is -1.99. The van der Waals surface area contributed by atoms with Crippen molar-refractivity contribution in [2.75, 3.05) is 0 Å². The number of rotatable bonds is 3. The van der Waals surface area contributed by atoms with Gasteiger partial charge >= 0.3 is 0 Å². The highest BCUT2D eigenvalue weighted by Crippen LogP contribution is 2.73. The molecule has 0 saturated heterocycles. The maximum atomic E-state index is 2.32. The van der Waals surface area contributed by atoms with Gasteiger partial charge in [-0.3, -0.25) is 0 Å². The topological polar surface area (TPSA) is 0 Å². The van der Waals surface area contributed by atoms with Gasteiger partial charge in [0.2, 0.25) is 0 Å². The summed E-state index contributed by atoms with van der Waals surface area (Å²) in [5.74, 6) is 6.14. The average Bonchev–Trinajstić information content (AvgIpc) is 2.88. The van der Waals surface area contributed by atoms with E-state index >= 15 is 0 Å². The Morgan fingerprint density at radius 2 is 2.00 bits per heavy atom. The molecule has 3 rings (SSSR count). The predicted octanol–water partition coefficient (Wildman–Crippen LogP) is 3.08. The van der Waals surface area contributed by atoms with E-state index in [0.29, 0.717) is 0 Å². The highest BCUT2D eigenvalue weighted by atomic mass is 14.7. The SMILES string of the molecule is CCCCC1C2CC3CC3C12. The maximum Gasteiger partial charge on any atom is -0.0321 e. The van der Waals surface area contributed by atoms with Crippen molar-refractivity contribution in [3.63, 3.8) is 0 Å². The van der Waals surface area contributed by atoms with Crippen LogP contribution in [0.1, 0.15) is 39.0 Å². The monoisotopic (exact) mass is 150 g/mol. The molecule has 5 unspecified atom stereocenters. The fourth-order valence-corrected chi connectivity index (χ4v) is 3.65. The number of hydrogen-bond donors (Lipinski definition) is 0. The fraction of sp³-hybridized carbons (Fsp3) is 1.00. The highest BCUT2D eigenvalue weighted by molar-refractivity contribution is 5.15. The Labute approximate surface area is 69.4 Å². The summed E-state index contributed by atoms with van der Waals surface area (Å²) in [6, 6.07) is 0. The van der Waals surface area contributed by atoms with Gasteiger partial charge in [0.15, 0.2) is 0 Å². The molecule has 62 valence electrons. The molecule has 3 fully saturated rings. The minimum atomic E-state index is 1.21. The molecule has 3 saturated carbocycles. The zero-order chi connectivity index (χ0) is 7.42. The van der Waals surface area contributed by atoms with Gasteiger partial charge in [0, 0.05) is 0 Å². The number of unbranched alkanes of at least 4 members (excludes halogenated alkanes) is 1. The second kappa shape index (κ2) is 2.02. The largest absolute Gasteiger partial charge is 0.0654 e. The van der Waals surface area contributed by atoms with Crippen LogP contribution >= 0.6 is 0 Å². The Morgan fingerprint density at radius 1 is 1.18 bits per heavy atom. The molecule has 11 heavy (non-hydrogen) atoms. The van der Waals surface area contributed by atoms with Gasteiger partial charge in [-0.2, -0.15) is 0 Å². The fourth-order valence-electron chi connectivity index (χ4n) is 3.65. The van der Waals surface area contributed by atoms with Crippen LogP contribution in [0.2, 0.25) is 0 Å². The van der Waals surface area contributed by atoms with Crippen LogP contribution in [0.15, 0.2) is 0 Å². The van der Waals surface area contributed by atoms with Gasteiger partial charge < -0.3 is 0 Å². The summed E-state index contributed by atoms with van der Waals surface area (Å²) in [6.07, 6.45) is 7.71. The molecule has 0 amide bonds. The van der Waals surface area contributed by atoms with Crippen molar-refractivity contribution in [1.29, 1.82) is 0 Å². The average molecular weight is 150 g/mol. The van der Waals surface area contributed by atoms with E-state index < -0.39 is 0 Å². The van der Waals surface area contributed by atoms with E-state index in [1.54, 1.807) is 19.3 Å². The molecule has 3 aliphatic rings. The van der Waals surface area contributed by atoms with E-state index in [1.165, 1.54) is 42.4 Å². The first-order chi connectivity index (χ1) is 5.42. The van der Waals surface area contributed by atoms with Crippen molar-refractivity contribution in [2.45, 2.75) is 39.0 Å². The summed E-state index contributed by atoms with van der Waals surface area (Å²) in [6.45, 7) is 2.32. The lowest BCUT2D eigenvalue weighted by molar-refractivity contribution is 0.517. The molecule has 0 aromatic heterocycles. The lowest BCUT2D eigenvalue weighted by atomic mass is 10.1. The summed E-state index contributed by atoms with van der Waals surface area (Å²) in [5.41, 5.74) is 0. The predicted molar refractivity (Wildman–Crippen MR) is 46.2 cm³/mol. The van der Waals surface area contributed by atoms with Crippen LogP contribution in [0.3, 0.4) is 0 Å². The summed E-state index contributed by atoms with van der Waals surface area (Å²) in [7, 11) is 0. The molecule has 0 spiro atoms. The number of hydrogen-bond acceptors (Lipinski definition) is 0. The molecule has 3 aliphatic carbocycles. The molecule has 0 aliphatic heterocycles. The van der Waals surface area contributed by atoms with Crippen LogP contribution in [0.25, 0.3) is 0 Å². The molecular formula is C11H18. The Kier molecular flexibility index (Phi) is 1.20. The molecule has 0 N–H and O–H groups in total. The second-order valence-electron chi connectivity index (χ2n) is 4.94. The first kappa shape index (κ1) is 6.51. The van der Waals surface area contributed by atoms with Gasteiger partial charge in [-0.1, -0.05) is 19.8 Å². The van der Waals surface area contributed by atoms with Gasteiger partial charge in [0.05, 0.1) is 0 Å². The molecule has 0 aromatic carbocycles. The summed E-state index contributed by atoms with van der Waals surface area (Å²) in [4.78, 5) is 0. The van der Waals surface area contributed by atoms with Crippen molar-refractivity contribution in [3.8, 4) is 0 Å². The first-order valence-electron chi connectivity index (χ1n) is 5.42. The second-order valence-corrected chi connectivity index (χ2v) is 4.94. The van der Waals surface area contributed by atoms with Gasteiger partial charge in [0.25, 0.3) is 0 Å². The molecule has 0 aromatic rings. The Morgan fingerprint density at radius 3 is 2.64 bits per heavy atom. The highest BCUT2D eigenvalue weighted by Gasteiger charge is 2.66. The summed E-state index contributed by atoms with van der Waals surface area (Å²) in [5, 5.41) is 0. The summed E-state index contributed by atoms with van der Waals surface area (Å²) >= 11 is 0. The van der Waals surface area contributed by atoms with Gasteiger partial charge in [-0.25, -0.2) is 0 Å². The van der Waals surface area contributed by atoms with E-state index in [4.69, 9.17) is 0 Å². The van der Waals surface area contributed by atoms with Gasteiger partial charge in [0.1, 0.15) is 0 Å². The van der Waals surface area contributed by atoms with Crippen LogP contribution in [-0.4, -0.2) is 0 Å². The number of fused-ring (bicyclic) bond motifs is 3. The Balaban J connectivity index is 1.54. The Bertz CT molecular complexity index is 173. The molecule has 0 nitrogen and oxygen atoms in total. The van der Waals surface area contributed by atoms with Crippen LogP contribution < -0.4 is 0 Å². The van der Waals surface area contributed by atoms with Crippen molar-refractivity contribution in [1.82, 2.24) is 0 Å². The van der Waals surface area contributed by atoms with Crippen LogP contribution in [0.4, 0.5) is 0 Å². The normalized spacial score (nSPS) is 57.0. The molecular weight excluding hydrogens is 132 g/mol. The van der Waals surface area contributed by atoms with E-state index in [2.05, 4.69) is 6.92 Å². The minimum absolute atomic E-state index is 1.21. The Hall–Kier alpha value is 0. The standard InChI is InChI=1S/C11H18/c1-2-3-4-8-10-6-7-5-9(7)11(8)10/h7-11H,2-6H2,1H3. The molecule has 0 heterocycles. The van der Waals surface area contributed by atoms with E-state index in [-0.39, 0.29) is 0 Å². The third kappa shape index (κ3) is 0.816. The maximum absolute atomic E-state index is 2.32. The van der Waals surface area contributed by atoms with E-state index in [1.807, 2.05) is 0 Å². The third-order valence-electron chi connectivity index (χ3n) is 4.34. The van der Waals surface area contributed by atoms with Crippen molar-refractivity contribution < 1.29 is 0 Å². The van der Waals surface area contributed by atoms with E-state index in [0.717, 1.165) is 0 Å². The smallest absolute Gasteiger partial charge is 0.0321 e. The molecule has 0 radical (unpaired) electrons. The van der Waals surface area contributed by atoms with Gasteiger partial charge in [-0.15, -0.1) is 0 Å². The molecule has 0 heteroatoms. The third-order valence-corrected chi connectivity index (χ3v) is 4.34. The van der Waals surface area contributed by atoms with Crippen LogP contribution in [-0.2, 0) is 0 Å². The molecule has 5 atom stereocenters.